The number of guanidine groups is 1. The van der Waals surface area contributed by atoms with E-state index in [0.717, 1.165) is 57.5 Å². The number of aryl methyl sites for hydroxylation is 1. The van der Waals surface area contributed by atoms with Gasteiger partial charge in [0.15, 0.2) is 5.96 Å². The quantitative estimate of drug-likeness (QED) is 0.571. The molecule has 1 aromatic carbocycles. The number of nitrogens with one attached hydrogen (secondary N) is 2. The number of hydrogen-bond acceptors (Lipinski definition) is 4. The van der Waals surface area contributed by atoms with Crippen LogP contribution < -0.4 is 10.6 Å². The molecular formula is C20H30N6O. The lowest BCUT2D eigenvalue weighted by molar-refractivity contribution is 0.0341. The Labute approximate surface area is 161 Å². The van der Waals surface area contributed by atoms with Crippen LogP contribution in [-0.2, 0) is 31.4 Å². The fourth-order valence-electron chi connectivity index (χ4n) is 3.13. The monoisotopic (exact) mass is 370 g/mol. The van der Waals surface area contributed by atoms with Gasteiger partial charge in [-0.05, 0) is 18.1 Å². The van der Waals surface area contributed by atoms with Crippen LogP contribution in [0.15, 0.2) is 41.7 Å². The number of aromatic nitrogens is 2. The maximum atomic E-state index is 5.45. The van der Waals surface area contributed by atoms with E-state index >= 15 is 0 Å². The van der Waals surface area contributed by atoms with Gasteiger partial charge in [-0.2, -0.15) is 5.10 Å². The number of aliphatic imine (C=N–C) groups is 1. The van der Waals surface area contributed by atoms with Gasteiger partial charge in [-0.1, -0.05) is 24.3 Å². The molecule has 0 saturated carbocycles. The Kier molecular flexibility index (Phi) is 7.24. The van der Waals surface area contributed by atoms with Crippen molar-refractivity contribution in [2.75, 3.05) is 32.8 Å². The molecule has 3 rings (SSSR count). The van der Waals surface area contributed by atoms with Crippen LogP contribution in [0.25, 0.3) is 0 Å². The van der Waals surface area contributed by atoms with Crippen LogP contribution in [0.2, 0.25) is 0 Å². The summed E-state index contributed by atoms with van der Waals surface area (Å²) in [7, 11) is 1.92. The van der Waals surface area contributed by atoms with Gasteiger partial charge in [0.25, 0.3) is 0 Å². The molecule has 146 valence electrons. The molecule has 2 N–H and O–H groups in total. The minimum atomic E-state index is 0.610. The zero-order valence-corrected chi connectivity index (χ0v) is 16.3. The van der Waals surface area contributed by atoms with Gasteiger partial charge in [0, 0.05) is 51.5 Å². The number of morpholine rings is 1. The van der Waals surface area contributed by atoms with Gasteiger partial charge in [0.1, 0.15) is 0 Å². The smallest absolute Gasteiger partial charge is 0.191 e. The first-order chi connectivity index (χ1) is 13.2. The largest absolute Gasteiger partial charge is 0.379 e. The minimum absolute atomic E-state index is 0.610. The average Bonchev–Trinajstić information content (AvgIpc) is 3.11. The fraction of sp³-hybridized carbons (Fsp3) is 0.500. The summed E-state index contributed by atoms with van der Waals surface area (Å²) in [5.74, 6) is 0.822. The Morgan fingerprint density at radius 3 is 2.67 bits per heavy atom. The lowest BCUT2D eigenvalue weighted by Gasteiger charge is -2.27. The molecule has 7 nitrogen and oxygen atoms in total. The van der Waals surface area contributed by atoms with Gasteiger partial charge in [-0.15, -0.1) is 0 Å². The highest BCUT2D eigenvalue weighted by molar-refractivity contribution is 5.79. The van der Waals surface area contributed by atoms with Gasteiger partial charge < -0.3 is 15.4 Å². The highest BCUT2D eigenvalue weighted by Crippen LogP contribution is 2.13. The van der Waals surface area contributed by atoms with Crippen LogP contribution in [-0.4, -0.2) is 53.5 Å². The molecule has 1 saturated heterocycles. The Balaban J connectivity index is 1.60. The van der Waals surface area contributed by atoms with E-state index in [2.05, 4.69) is 56.8 Å². The topological polar surface area (TPSA) is 66.7 Å². The summed E-state index contributed by atoms with van der Waals surface area (Å²) in [6, 6.07) is 8.61. The van der Waals surface area contributed by atoms with E-state index in [1.807, 2.05) is 19.4 Å². The van der Waals surface area contributed by atoms with E-state index in [1.165, 1.54) is 11.1 Å². The van der Waals surface area contributed by atoms with Gasteiger partial charge in [0.2, 0.25) is 0 Å². The van der Waals surface area contributed by atoms with E-state index in [4.69, 9.17) is 4.74 Å². The second-order valence-electron chi connectivity index (χ2n) is 6.73. The SMILES string of the molecule is CCNC(=NCc1cnn(C)c1)NCc1ccccc1CN1CCOCC1. The maximum Gasteiger partial charge on any atom is 0.191 e. The Hall–Kier alpha value is -2.38. The number of hydrogen-bond donors (Lipinski definition) is 2. The van der Waals surface area contributed by atoms with Crippen molar-refractivity contribution in [1.82, 2.24) is 25.3 Å². The molecule has 0 atom stereocenters. The van der Waals surface area contributed by atoms with Crippen LogP contribution in [0.5, 0.6) is 0 Å². The van der Waals surface area contributed by atoms with Gasteiger partial charge in [-0.25, -0.2) is 4.99 Å². The van der Waals surface area contributed by atoms with Crippen molar-refractivity contribution in [3.05, 3.63) is 53.3 Å². The predicted octanol–water partition coefficient (Wildman–Crippen LogP) is 1.51. The van der Waals surface area contributed by atoms with Crippen molar-refractivity contribution in [1.29, 1.82) is 0 Å². The molecule has 0 aliphatic carbocycles. The molecule has 0 spiro atoms. The van der Waals surface area contributed by atoms with E-state index in [9.17, 15) is 0 Å². The Morgan fingerprint density at radius 2 is 1.96 bits per heavy atom. The van der Waals surface area contributed by atoms with Crippen molar-refractivity contribution in [3.63, 3.8) is 0 Å². The van der Waals surface area contributed by atoms with Crippen molar-refractivity contribution < 1.29 is 4.74 Å². The molecule has 27 heavy (non-hydrogen) atoms. The lowest BCUT2D eigenvalue weighted by Crippen LogP contribution is -2.38. The summed E-state index contributed by atoms with van der Waals surface area (Å²) in [6.07, 6.45) is 3.84. The van der Waals surface area contributed by atoms with Crippen LogP contribution in [0.4, 0.5) is 0 Å². The van der Waals surface area contributed by atoms with Crippen LogP contribution in [0.3, 0.4) is 0 Å². The summed E-state index contributed by atoms with van der Waals surface area (Å²) in [5.41, 5.74) is 3.76. The standard InChI is InChI=1S/C20H30N6O/c1-3-21-20(22-12-17-13-24-25(2)15-17)23-14-18-6-4-5-7-19(18)16-26-8-10-27-11-9-26/h4-7,13,15H,3,8-12,14,16H2,1-2H3,(H2,21,22,23). The number of ether oxygens (including phenoxy) is 1. The molecule has 0 amide bonds. The zero-order valence-electron chi connectivity index (χ0n) is 16.3. The summed E-state index contributed by atoms with van der Waals surface area (Å²) >= 11 is 0. The molecule has 2 aromatic rings. The maximum absolute atomic E-state index is 5.45. The Morgan fingerprint density at radius 1 is 1.19 bits per heavy atom. The summed E-state index contributed by atoms with van der Waals surface area (Å²) in [4.78, 5) is 7.12. The molecule has 1 fully saturated rings. The predicted molar refractivity (Wildman–Crippen MR) is 107 cm³/mol. The molecule has 1 aliphatic heterocycles. The number of nitrogens with zero attached hydrogens (tertiary/aromatic N) is 4. The molecular weight excluding hydrogens is 340 g/mol. The second kappa shape index (κ2) is 10.1. The van der Waals surface area contributed by atoms with E-state index in [-0.39, 0.29) is 0 Å². The second-order valence-corrected chi connectivity index (χ2v) is 6.73. The molecule has 0 bridgehead atoms. The molecule has 1 aromatic heterocycles. The molecule has 2 heterocycles. The van der Waals surface area contributed by atoms with Gasteiger partial charge in [0.05, 0.1) is 26.0 Å². The number of benzene rings is 1. The average molecular weight is 371 g/mol. The van der Waals surface area contributed by atoms with Crippen LogP contribution >= 0.6 is 0 Å². The van der Waals surface area contributed by atoms with Gasteiger partial charge >= 0.3 is 0 Å². The minimum Gasteiger partial charge on any atom is -0.379 e. The normalized spacial score (nSPS) is 15.7. The third kappa shape index (κ3) is 6.08. The zero-order chi connectivity index (χ0) is 18.9. The van der Waals surface area contributed by atoms with Crippen molar-refractivity contribution in [2.24, 2.45) is 12.0 Å². The summed E-state index contributed by atoms with van der Waals surface area (Å²) < 4.78 is 7.25. The fourth-order valence-corrected chi connectivity index (χ4v) is 3.13. The molecule has 1 aliphatic rings. The first-order valence-electron chi connectivity index (χ1n) is 9.61. The highest BCUT2D eigenvalue weighted by atomic mass is 16.5. The summed E-state index contributed by atoms with van der Waals surface area (Å²) in [6.45, 7) is 8.87. The first kappa shape index (κ1) is 19.4. The number of rotatable bonds is 7. The highest BCUT2D eigenvalue weighted by Gasteiger charge is 2.12. The first-order valence-corrected chi connectivity index (χ1v) is 9.61. The third-order valence-electron chi connectivity index (χ3n) is 4.58. The summed E-state index contributed by atoms with van der Waals surface area (Å²) in [5, 5.41) is 11.0. The molecule has 7 heteroatoms. The van der Waals surface area contributed by atoms with Gasteiger partial charge in [-0.3, -0.25) is 9.58 Å². The van der Waals surface area contributed by atoms with E-state index < -0.39 is 0 Å². The third-order valence-corrected chi connectivity index (χ3v) is 4.58. The molecule has 0 unspecified atom stereocenters. The van der Waals surface area contributed by atoms with Crippen molar-refractivity contribution in [3.8, 4) is 0 Å². The Bertz CT molecular complexity index is 736. The van der Waals surface area contributed by atoms with Crippen LogP contribution in [0, 0.1) is 0 Å². The molecule has 0 radical (unpaired) electrons. The lowest BCUT2D eigenvalue weighted by atomic mass is 10.1. The van der Waals surface area contributed by atoms with E-state index in [0.29, 0.717) is 6.54 Å². The van der Waals surface area contributed by atoms with Crippen molar-refractivity contribution in [2.45, 2.75) is 26.6 Å². The van der Waals surface area contributed by atoms with E-state index in [1.54, 1.807) is 4.68 Å². The van der Waals surface area contributed by atoms with Crippen molar-refractivity contribution >= 4 is 5.96 Å². The van der Waals surface area contributed by atoms with Crippen LogP contribution in [0.1, 0.15) is 23.6 Å².